The van der Waals surface area contributed by atoms with Gasteiger partial charge < -0.3 is 14.8 Å². The quantitative estimate of drug-likeness (QED) is 0.166. The Balaban J connectivity index is 1.09. The second kappa shape index (κ2) is 13.8. The van der Waals surface area contributed by atoms with Gasteiger partial charge in [0.2, 0.25) is 5.89 Å². The number of hydrogen-bond acceptors (Lipinski definition) is 10. The first-order chi connectivity index (χ1) is 24.8. The fourth-order valence-corrected chi connectivity index (χ4v) is 7.67. The van der Waals surface area contributed by atoms with Crippen LogP contribution in [0.5, 0.6) is 0 Å². The highest BCUT2D eigenvalue weighted by Gasteiger charge is 2.22. The summed E-state index contributed by atoms with van der Waals surface area (Å²) < 4.78 is 6.33. The molecule has 5 heterocycles. The van der Waals surface area contributed by atoms with Crippen LogP contribution in [-0.2, 0) is 13.1 Å². The van der Waals surface area contributed by atoms with Gasteiger partial charge >= 0.3 is 0 Å². The van der Waals surface area contributed by atoms with Gasteiger partial charge in [-0.15, -0.1) is 0 Å². The zero-order valence-electron chi connectivity index (χ0n) is 29.4. The number of piperidine rings is 1. The molecule has 258 valence electrons. The second-order valence-electron chi connectivity index (χ2n) is 14.0. The number of oxazole rings is 1. The number of β-amino-alcohol motifs (C(OH)–C–C–N with tert-alkyl or cyclic N) is 1. The van der Waals surface area contributed by atoms with Crippen molar-refractivity contribution in [2.24, 2.45) is 0 Å². The number of likely N-dealkylation sites (tertiary alicyclic amines) is 2. The van der Waals surface area contributed by atoms with Crippen molar-refractivity contribution in [2.75, 3.05) is 31.5 Å². The molecular weight excluding hydrogens is 637 g/mol. The molecule has 0 aliphatic carbocycles. The van der Waals surface area contributed by atoms with Gasteiger partial charge in [0.25, 0.3) is 0 Å². The maximum Gasteiger partial charge on any atom is 0.227 e. The van der Waals surface area contributed by atoms with Gasteiger partial charge in [0.15, 0.2) is 11.4 Å². The summed E-state index contributed by atoms with van der Waals surface area (Å²) in [7, 11) is 0. The van der Waals surface area contributed by atoms with Crippen molar-refractivity contribution in [3.8, 4) is 28.7 Å². The van der Waals surface area contributed by atoms with Gasteiger partial charge in [0, 0.05) is 43.6 Å². The molecule has 51 heavy (non-hydrogen) atoms. The van der Waals surface area contributed by atoms with Gasteiger partial charge in [0.1, 0.15) is 22.9 Å². The molecule has 3 aromatic carbocycles. The molecule has 10 heteroatoms. The first-order valence-electron chi connectivity index (χ1n) is 17.9. The van der Waals surface area contributed by atoms with Crippen molar-refractivity contribution in [2.45, 2.75) is 65.6 Å². The van der Waals surface area contributed by atoms with E-state index in [0.717, 1.165) is 89.3 Å². The first-order valence-corrected chi connectivity index (χ1v) is 17.9. The van der Waals surface area contributed by atoms with Crippen LogP contribution >= 0.6 is 0 Å². The molecule has 2 aliphatic rings. The highest BCUT2D eigenvalue weighted by molar-refractivity contribution is 5.89. The number of aromatic nitrogens is 4. The molecule has 2 aliphatic heterocycles. The van der Waals surface area contributed by atoms with Gasteiger partial charge in [0.05, 0.1) is 17.2 Å². The number of nitrogens with one attached hydrogen (secondary N) is 1. The van der Waals surface area contributed by atoms with Crippen LogP contribution in [0, 0.1) is 32.1 Å². The summed E-state index contributed by atoms with van der Waals surface area (Å²) in [5.74, 6) is 1.83. The third-order valence-electron chi connectivity index (χ3n) is 10.3. The van der Waals surface area contributed by atoms with Crippen LogP contribution in [0.4, 0.5) is 11.5 Å². The third kappa shape index (κ3) is 6.68. The molecule has 0 radical (unpaired) electrons. The minimum absolute atomic E-state index is 0.258. The summed E-state index contributed by atoms with van der Waals surface area (Å²) in [6.45, 7) is 11.4. The van der Waals surface area contributed by atoms with E-state index in [1.807, 2.05) is 37.4 Å². The van der Waals surface area contributed by atoms with Crippen LogP contribution in [-0.4, -0.2) is 67.1 Å². The SMILES string of the molecule is Cc1nc(Nc2cccc(-c3cccc(-c4nc5cc(CN6CCCCC6)cc(C#N)c5o4)c3C)c2C)c2ncc(CN3CC[C@@H](O)C3)cc2n1. The van der Waals surface area contributed by atoms with E-state index in [-0.39, 0.29) is 6.10 Å². The van der Waals surface area contributed by atoms with Crippen molar-refractivity contribution < 1.29 is 9.52 Å². The van der Waals surface area contributed by atoms with Crippen molar-refractivity contribution in [3.63, 3.8) is 0 Å². The van der Waals surface area contributed by atoms with E-state index >= 15 is 0 Å². The average molecular weight is 679 g/mol. The predicted octanol–water partition coefficient (Wildman–Crippen LogP) is 7.59. The van der Waals surface area contributed by atoms with Crippen molar-refractivity contribution >= 4 is 33.6 Å². The highest BCUT2D eigenvalue weighted by atomic mass is 16.3. The highest BCUT2D eigenvalue weighted by Crippen LogP contribution is 2.38. The van der Waals surface area contributed by atoms with Crippen molar-refractivity contribution in [3.05, 3.63) is 94.4 Å². The van der Waals surface area contributed by atoms with E-state index in [4.69, 9.17) is 24.4 Å². The normalized spacial score (nSPS) is 17.0. The lowest BCUT2D eigenvalue weighted by molar-refractivity contribution is 0.175. The molecule has 0 unspecified atom stereocenters. The fraction of sp³-hybridized carbons (Fsp3) is 0.341. The number of aryl methyl sites for hydroxylation is 1. The number of aliphatic hydroxyl groups excluding tert-OH is 1. The van der Waals surface area contributed by atoms with Gasteiger partial charge in [-0.05, 0) is 117 Å². The van der Waals surface area contributed by atoms with Crippen LogP contribution < -0.4 is 5.32 Å². The number of anilines is 2. The first kappa shape index (κ1) is 33.0. The Morgan fingerprint density at radius 1 is 0.843 bits per heavy atom. The summed E-state index contributed by atoms with van der Waals surface area (Å²) in [6, 6.07) is 20.9. The second-order valence-corrected chi connectivity index (χ2v) is 14.0. The van der Waals surface area contributed by atoms with Gasteiger partial charge in [-0.1, -0.05) is 30.7 Å². The average Bonchev–Trinajstić information content (AvgIpc) is 3.75. The van der Waals surface area contributed by atoms with E-state index in [9.17, 15) is 10.4 Å². The smallest absolute Gasteiger partial charge is 0.227 e. The van der Waals surface area contributed by atoms with E-state index in [0.29, 0.717) is 46.3 Å². The number of nitriles is 1. The third-order valence-corrected chi connectivity index (χ3v) is 10.3. The monoisotopic (exact) mass is 678 g/mol. The zero-order chi connectivity index (χ0) is 35.1. The Morgan fingerprint density at radius 3 is 2.37 bits per heavy atom. The van der Waals surface area contributed by atoms with Crippen LogP contribution in [0.25, 0.3) is 44.7 Å². The molecule has 2 saturated heterocycles. The van der Waals surface area contributed by atoms with Crippen LogP contribution in [0.3, 0.4) is 0 Å². The largest absolute Gasteiger partial charge is 0.435 e. The lowest BCUT2D eigenvalue weighted by atomic mass is 9.93. The minimum Gasteiger partial charge on any atom is -0.435 e. The minimum atomic E-state index is -0.258. The summed E-state index contributed by atoms with van der Waals surface area (Å²) in [5.41, 5.74) is 11.5. The van der Waals surface area contributed by atoms with Gasteiger partial charge in [-0.25, -0.2) is 15.0 Å². The summed E-state index contributed by atoms with van der Waals surface area (Å²) in [5, 5.41) is 23.5. The molecule has 2 N–H and O–H groups in total. The number of benzene rings is 3. The predicted molar refractivity (Wildman–Crippen MR) is 199 cm³/mol. The maximum atomic E-state index is 10.0. The van der Waals surface area contributed by atoms with Crippen LogP contribution in [0.2, 0.25) is 0 Å². The van der Waals surface area contributed by atoms with E-state index in [1.54, 1.807) is 0 Å². The van der Waals surface area contributed by atoms with Gasteiger partial charge in [-0.3, -0.25) is 14.8 Å². The Morgan fingerprint density at radius 2 is 1.59 bits per heavy atom. The number of rotatable bonds is 8. The van der Waals surface area contributed by atoms with Crippen LogP contribution in [0.15, 0.2) is 65.2 Å². The van der Waals surface area contributed by atoms with Crippen molar-refractivity contribution in [1.29, 1.82) is 5.26 Å². The molecule has 6 aromatic rings. The Kier molecular flexibility index (Phi) is 8.94. The molecule has 3 aromatic heterocycles. The van der Waals surface area contributed by atoms with Gasteiger partial charge in [-0.2, -0.15) is 5.26 Å². The van der Waals surface area contributed by atoms with E-state index < -0.39 is 0 Å². The number of aliphatic hydroxyl groups is 1. The number of nitrogens with zero attached hydrogens (tertiary/aromatic N) is 7. The maximum absolute atomic E-state index is 10.0. The Labute approximate surface area is 297 Å². The molecule has 0 spiro atoms. The molecule has 8 rings (SSSR count). The van der Waals surface area contributed by atoms with Crippen LogP contribution in [0.1, 0.15) is 59.3 Å². The topological polar surface area (TPSA) is 127 Å². The fourth-order valence-electron chi connectivity index (χ4n) is 7.67. The number of fused-ring (bicyclic) bond motifs is 2. The molecule has 0 amide bonds. The lowest BCUT2D eigenvalue weighted by Gasteiger charge is -2.26. The molecule has 0 saturated carbocycles. The van der Waals surface area contributed by atoms with Crippen molar-refractivity contribution in [1.82, 2.24) is 29.7 Å². The van der Waals surface area contributed by atoms with E-state index in [2.05, 4.69) is 65.4 Å². The zero-order valence-corrected chi connectivity index (χ0v) is 29.4. The molecule has 2 fully saturated rings. The molecule has 1 atom stereocenters. The lowest BCUT2D eigenvalue weighted by Crippen LogP contribution is -2.29. The molecule has 10 nitrogen and oxygen atoms in total. The number of pyridine rings is 1. The standard InChI is InChI=1S/C41H42N8O2/c1-25-32(9-7-11-34(25)41-47-37-18-28(17-30(20-42)39(37)51-41)22-48-14-5-4-6-15-48)33-10-8-12-35(26(33)2)46-40-38-36(44-27(3)45-40)19-29(21-43-38)23-49-16-13-31(50)24-49/h7-12,17-19,21,31,50H,4-6,13-16,22-24H2,1-3H3,(H,44,45,46)/t31-/m1/s1. The summed E-state index contributed by atoms with van der Waals surface area (Å²) in [6.07, 6.45) is 6.16. The molecular formula is C41H42N8O2. The Bertz CT molecular complexity index is 2300. The summed E-state index contributed by atoms with van der Waals surface area (Å²) >= 11 is 0. The number of hydrogen-bond donors (Lipinski definition) is 2. The Hall–Kier alpha value is -5.21. The molecule has 0 bridgehead atoms. The van der Waals surface area contributed by atoms with E-state index in [1.165, 1.54) is 19.3 Å². The summed E-state index contributed by atoms with van der Waals surface area (Å²) in [4.78, 5) is 23.9.